The van der Waals surface area contributed by atoms with E-state index in [-0.39, 0.29) is 6.17 Å². The Bertz CT molecular complexity index is 143. The summed E-state index contributed by atoms with van der Waals surface area (Å²) >= 11 is 0. The maximum absolute atomic E-state index is 8.10. The second kappa shape index (κ2) is 2.39. The molecule has 1 aliphatic heterocycles. The van der Waals surface area contributed by atoms with Crippen molar-refractivity contribution < 1.29 is 5.21 Å². The van der Waals surface area contributed by atoms with Gasteiger partial charge in [0.05, 0.1) is 6.21 Å². The average molecular weight is 126 g/mol. The van der Waals surface area contributed by atoms with E-state index in [1.165, 1.54) is 6.21 Å². The lowest BCUT2D eigenvalue weighted by Gasteiger charge is -2.12. The van der Waals surface area contributed by atoms with Gasteiger partial charge in [0, 0.05) is 19.4 Å². The van der Waals surface area contributed by atoms with Gasteiger partial charge in [0.1, 0.15) is 0 Å². The smallest absolute Gasteiger partial charge is 0.159 e. The predicted octanol–water partition coefficient (Wildman–Crippen LogP) is -0.206. The molecule has 9 heavy (non-hydrogen) atoms. The topological polar surface area (TPSA) is 49.9 Å². The summed E-state index contributed by atoms with van der Waals surface area (Å²) in [5.74, 6) is 0. The van der Waals surface area contributed by atoms with Crippen LogP contribution < -0.4 is 5.32 Å². The minimum Gasteiger partial charge on any atom is -0.411 e. The van der Waals surface area contributed by atoms with Crippen LogP contribution >= 0.6 is 0 Å². The highest BCUT2D eigenvalue weighted by Gasteiger charge is 2.12. The van der Waals surface area contributed by atoms with Crippen molar-refractivity contribution in [3.8, 4) is 0 Å². The highest BCUT2D eigenvalue weighted by atomic mass is 16.4. The Morgan fingerprint density at radius 1 is 1.89 bits per heavy atom. The van der Waals surface area contributed by atoms with Gasteiger partial charge in [0.15, 0.2) is 6.17 Å². The molecular weight excluding hydrogens is 118 g/mol. The van der Waals surface area contributed by atoms with Crippen molar-refractivity contribution in [1.29, 1.82) is 0 Å². The molecule has 0 amide bonds. The summed E-state index contributed by atoms with van der Waals surface area (Å²) in [7, 11) is 1.86. The molecule has 0 aliphatic carbocycles. The molecule has 1 heterocycles. The molecule has 1 radical (unpaired) electrons. The van der Waals surface area contributed by atoms with Gasteiger partial charge in [-0.25, -0.2) is 0 Å². The van der Waals surface area contributed by atoms with Gasteiger partial charge in [-0.05, 0) is 0 Å². The molecule has 0 saturated carbocycles. The molecule has 4 nitrogen and oxygen atoms in total. The zero-order chi connectivity index (χ0) is 6.69. The predicted molar refractivity (Wildman–Crippen MR) is 33.1 cm³/mol. The van der Waals surface area contributed by atoms with Crippen molar-refractivity contribution in [2.45, 2.75) is 6.17 Å². The molecule has 0 aromatic carbocycles. The summed E-state index contributed by atoms with van der Waals surface area (Å²) in [6.45, 7) is 0. The van der Waals surface area contributed by atoms with Crippen molar-refractivity contribution in [3.05, 3.63) is 12.4 Å². The maximum Gasteiger partial charge on any atom is 0.159 e. The number of rotatable bonds is 1. The summed E-state index contributed by atoms with van der Waals surface area (Å²) in [5.41, 5.74) is 0. The number of hydrogen-bond donors (Lipinski definition) is 1. The Morgan fingerprint density at radius 2 is 2.67 bits per heavy atom. The van der Waals surface area contributed by atoms with E-state index in [0.29, 0.717) is 0 Å². The summed E-state index contributed by atoms with van der Waals surface area (Å²) in [5, 5.41) is 14.9. The molecule has 0 fully saturated rings. The Hall–Kier alpha value is -1.19. The molecule has 1 atom stereocenters. The molecule has 1 rings (SSSR count). The SMILES string of the molecule is CN1C=C[N]C1/C=N\O. The fraction of sp³-hybridized carbons (Fsp3) is 0.400. The van der Waals surface area contributed by atoms with Crippen LogP contribution in [0.15, 0.2) is 17.6 Å². The molecule has 0 bridgehead atoms. The van der Waals surface area contributed by atoms with E-state index in [2.05, 4.69) is 10.5 Å². The molecule has 1 unspecified atom stereocenters. The van der Waals surface area contributed by atoms with Crippen molar-refractivity contribution in [2.24, 2.45) is 5.16 Å². The third-order valence-corrected chi connectivity index (χ3v) is 1.16. The normalized spacial score (nSPS) is 25.4. The molecule has 0 spiro atoms. The van der Waals surface area contributed by atoms with Crippen molar-refractivity contribution in [1.82, 2.24) is 10.2 Å². The summed E-state index contributed by atoms with van der Waals surface area (Å²) in [6.07, 6.45) is 4.73. The molecule has 49 valence electrons. The first-order valence-corrected chi connectivity index (χ1v) is 2.60. The van der Waals surface area contributed by atoms with Crippen LogP contribution in [0.5, 0.6) is 0 Å². The van der Waals surface area contributed by atoms with Gasteiger partial charge in [-0.2, -0.15) is 0 Å². The summed E-state index contributed by atoms with van der Waals surface area (Å²) < 4.78 is 0. The third kappa shape index (κ3) is 1.13. The van der Waals surface area contributed by atoms with E-state index in [1.54, 1.807) is 6.20 Å². The summed E-state index contributed by atoms with van der Waals surface area (Å²) in [6, 6.07) is 0. The highest BCUT2D eigenvalue weighted by Crippen LogP contribution is 1.99. The van der Waals surface area contributed by atoms with E-state index < -0.39 is 0 Å². The molecule has 1 aliphatic rings. The van der Waals surface area contributed by atoms with E-state index in [0.717, 1.165) is 0 Å². The van der Waals surface area contributed by atoms with E-state index in [1.807, 2.05) is 18.1 Å². The molecular formula is C5H8N3O. The van der Waals surface area contributed by atoms with Crippen LogP contribution in [-0.2, 0) is 0 Å². The lowest BCUT2D eigenvalue weighted by atomic mass is 10.5. The highest BCUT2D eigenvalue weighted by molar-refractivity contribution is 5.63. The first-order valence-electron chi connectivity index (χ1n) is 2.60. The van der Waals surface area contributed by atoms with Crippen LogP contribution in [0.3, 0.4) is 0 Å². The maximum atomic E-state index is 8.10. The van der Waals surface area contributed by atoms with Crippen LogP contribution in [0.25, 0.3) is 0 Å². The molecule has 1 N–H and O–H groups in total. The van der Waals surface area contributed by atoms with Crippen molar-refractivity contribution in [3.63, 3.8) is 0 Å². The quantitative estimate of drug-likeness (QED) is 0.300. The zero-order valence-corrected chi connectivity index (χ0v) is 5.10. The van der Waals surface area contributed by atoms with Gasteiger partial charge < -0.3 is 10.1 Å². The molecule has 0 aromatic rings. The monoisotopic (exact) mass is 126 g/mol. The number of nitrogens with zero attached hydrogens (tertiary/aromatic N) is 3. The lowest BCUT2D eigenvalue weighted by molar-refractivity contribution is 0.312. The van der Waals surface area contributed by atoms with Crippen LogP contribution in [-0.4, -0.2) is 29.5 Å². The Morgan fingerprint density at radius 3 is 3.11 bits per heavy atom. The van der Waals surface area contributed by atoms with Crippen LogP contribution in [0.2, 0.25) is 0 Å². The van der Waals surface area contributed by atoms with E-state index in [4.69, 9.17) is 5.21 Å². The van der Waals surface area contributed by atoms with Crippen molar-refractivity contribution in [2.75, 3.05) is 7.05 Å². The van der Waals surface area contributed by atoms with E-state index >= 15 is 0 Å². The molecule has 0 aromatic heterocycles. The Kier molecular flexibility index (Phi) is 1.58. The molecule has 0 saturated heterocycles. The number of oxime groups is 1. The fourth-order valence-corrected chi connectivity index (χ4v) is 0.628. The second-order valence-electron chi connectivity index (χ2n) is 1.79. The van der Waals surface area contributed by atoms with Gasteiger partial charge in [-0.15, -0.1) is 0 Å². The summed E-state index contributed by atoms with van der Waals surface area (Å²) in [4.78, 5) is 1.83. The average Bonchev–Trinajstić information content (AvgIpc) is 2.18. The van der Waals surface area contributed by atoms with Crippen molar-refractivity contribution >= 4 is 6.21 Å². The van der Waals surface area contributed by atoms with Crippen LogP contribution in [0.1, 0.15) is 0 Å². The first-order chi connectivity index (χ1) is 4.34. The third-order valence-electron chi connectivity index (χ3n) is 1.16. The van der Waals surface area contributed by atoms with Gasteiger partial charge in [-0.3, -0.25) is 5.32 Å². The van der Waals surface area contributed by atoms with Gasteiger partial charge in [-0.1, -0.05) is 5.16 Å². The van der Waals surface area contributed by atoms with E-state index in [9.17, 15) is 0 Å². The first kappa shape index (κ1) is 5.94. The minimum absolute atomic E-state index is 0.116. The Labute approximate surface area is 53.5 Å². The Balaban J connectivity index is 2.45. The van der Waals surface area contributed by atoms with Crippen LogP contribution in [0.4, 0.5) is 0 Å². The van der Waals surface area contributed by atoms with Crippen LogP contribution in [0, 0.1) is 0 Å². The zero-order valence-electron chi connectivity index (χ0n) is 5.10. The van der Waals surface area contributed by atoms with Gasteiger partial charge >= 0.3 is 0 Å². The van der Waals surface area contributed by atoms with Gasteiger partial charge in [0.2, 0.25) is 0 Å². The lowest BCUT2D eigenvalue weighted by Crippen LogP contribution is -2.29. The molecule has 4 heteroatoms. The standard InChI is InChI=1S/C5H8N3O/c1-8-3-2-6-5(8)4-7-9/h2-5,9H,1H3/b7-4-. The number of hydrogen-bond acceptors (Lipinski definition) is 3. The fourth-order valence-electron chi connectivity index (χ4n) is 0.628. The minimum atomic E-state index is -0.116. The second-order valence-corrected chi connectivity index (χ2v) is 1.79. The largest absolute Gasteiger partial charge is 0.411 e. The van der Waals surface area contributed by atoms with Gasteiger partial charge in [0.25, 0.3) is 0 Å².